The average Bonchev–Trinajstić information content (AvgIpc) is 3.54. The predicted octanol–water partition coefficient (Wildman–Crippen LogP) is 2.34. The van der Waals surface area contributed by atoms with Gasteiger partial charge in [-0.3, -0.25) is 10.00 Å². The summed E-state index contributed by atoms with van der Waals surface area (Å²) >= 11 is 1.43. The zero-order chi connectivity index (χ0) is 21.4. The van der Waals surface area contributed by atoms with Crippen LogP contribution in [0.2, 0.25) is 0 Å². The summed E-state index contributed by atoms with van der Waals surface area (Å²) in [5.41, 5.74) is 2.43. The molecule has 0 aromatic carbocycles. The van der Waals surface area contributed by atoms with Crippen LogP contribution < -0.4 is 15.4 Å². The molecular weight excluding hydrogens is 418 g/mol. The Morgan fingerprint density at radius 3 is 2.97 bits per heavy atom. The Bertz CT molecular complexity index is 1190. The third-order valence-electron chi connectivity index (χ3n) is 5.04. The number of nitrogens with zero attached hydrogens (tertiary/aromatic N) is 5. The van der Waals surface area contributed by atoms with E-state index < -0.39 is 6.23 Å². The van der Waals surface area contributed by atoms with Crippen LogP contribution in [0.15, 0.2) is 36.8 Å². The number of hydrogen-bond donors (Lipinski definition) is 3. The summed E-state index contributed by atoms with van der Waals surface area (Å²) in [6.07, 6.45) is 5.70. The second kappa shape index (κ2) is 8.27. The Kier molecular flexibility index (Phi) is 5.32. The van der Waals surface area contributed by atoms with Gasteiger partial charge in [0, 0.05) is 30.7 Å². The zero-order valence-electron chi connectivity index (χ0n) is 17.1. The van der Waals surface area contributed by atoms with Crippen LogP contribution in [0, 0.1) is 0 Å². The first kappa shape index (κ1) is 19.9. The molecule has 1 aliphatic heterocycles. The first-order valence-electron chi connectivity index (χ1n) is 9.95. The van der Waals surface area contributed by atoms with E-state index in [0.717, 1.165) is 33.0 Å². The van der Waals surface area contributed by atoms with Crippen LogP contribution in [-0.2, 0) is 11.8 Å². The lowest BCUT2D eigenvalue weighted by molar-refractivity contribution is 0.139. The van der Waals surface area contributed by atoms with Crippen LogP contribution in [0.3, 0.4) is 0 Å². The van der Waals surface area contributed by atoms with Crippen LogP contribution in [0.5, 0.6) is 5.88 Å². The molecule has 4 aromatic heterocycles. The van der Waals surface area contributed by atoms with Gasteiger partial charge in [0.25, 0.3) is 0 Å². The molecule has 31 heavy (non-hydrogen) atoms. The van der Waals surface area contributed by atoms with Gasteiger partial charge in [-0.2, -0.15) is 10.1 Å². The molecule has 0 spiro atoms. The molecule has 4 aromatic rings. The highest BCUT2D eigenvalue weighted by atomic mass is 32.1. The van der Waals surface area contributed by atoms with Crippen molar-refractivity contribution in [2.24, 2.45) is 7.05 Å². The molecule has 0 saturated carbocycles. The first-order chi connectivity index (χ1) is 15.1. The van der Waals surface area contributed by atoms with Crippen molar-refractivity contribution in [1.29, 1.82) is 0 Å². The highest BCUT2D eigenvalue weighted by Crippen LogP contribution is 2.32. The van der Waals surface area contributed by atoms with E-state index in [1.807, 2.05) is 42.2 Å². The fraction of sp³-hybridized carbons (Fsp3) is 0.350. The fourth-order valence-corrected chi connectivity index (χ4v) is 4.38. The highest BCUT2D eigenvalue weighted by Gasteiger charge is 2.22. The molecule has 3 N–H and O–H groups in total. The first-order valence-corrected chi connectivity index (χ1v) is 10.8. The molecule has 1 aliphatic rings. The second-order valence-electron chi connectivity index (χ2n) is 7.27. The van der Waals surface area contributed by atoms with E-state index in [2.05, 4.69) is 25.7 Å². The van der Waals surface area contributed by atoms with Crippen molar-refractivity contribution < 1.29 is 14.6 Å². The number of hydrogen-bond acceptors (Lipinski definition) is 9. The lowest BCUT2D eigenvalue weighted by atomic mass is 10.3. The number of anilines is 2. The number of rotatable bonds is 7. The molecule has 2 atom stereocenters. The largest absolute Gasteiger partial charge is 0.470 e. The molecule has 0 bridgehead atoms. The van der Waals surface area contributed by atoms with Crippen molar-refractivity contribution in [3.05, 3.63) is 41.7 Å². The minimum atomic E-state index is -0.710. The van der Waals surface area contributed by atoms with Gasteiger partial charge in [0.15, 0.2) is 0 Å². The maximum atomic E-state index is 9.97. The fourth-order valence-electron chi connectivity index (χ4n) is 3.48. The molecule has 11 heteroatoms. The maximum Gasteiger partial charge on any atom is 0.244 e. The van der Waals surface area contributed by atoms with E-state index in [1.165, 1.54) is 11.3 Å². The van der Waals surface area contributed by atoms with Gasteiger partial charge in [-0.1, -0.05) is 0 Å². The number of aryl methyl sites for hydroxylation is 1. The van der Waals surface area contributed by atoms with Crippen molar-refractivity contribution in [3.63, 3.8) is 0 Å². The zero-order valence-corrected chi connectivity index (χ0v) is 18.0. The highest BCUT2D eigenvalue weighted by molar-refractivity contribution is 7.16. The number of thiophene rings is 1. The number of ether oxygens (including phenoxy) is 2. The summed E-state index contributed by atoms with van der Waals surface area (Å²) in [7, 11) is 3.58. The predicted molar refractivity (Wildman–Crippen MR) is 117 cm³/mol. The van der Waals surface area contributed by atoms with Crippen LogP contribution in [0.4, 0.5) is 10.9 Å². The van der Waals surface area contributed by atoms with Gasteiger partial charge < -0.3 is 24.5 Å². The Morgan fingerprint density at radius 1 is 1.32 bits per heavy atom. The summed E-state index contributed by atoms with van der Waals surface area (Å²) in [5.74, 6) is 0.918. The number of aromatic nitrogens is 5. The normalized spacial score (nSPS) is 17.3. The molecule has 162 valence electrons. The minimum absolute atomic E-state index is 0.0534. The Labute approximate surface area is 182 Å². The topological polar surface area (TPSA) is 111 Å². The molecule has 0 amide bonds. The third kappa shape index (κ3) is 4.00. The Hall–Kier alpha value is -2.99. The van der Waals surface area contributed by atoms with Crippen LogP contribution in [0.1, 0.15) is 17.5 Å². The lowest BCUT2D eigenvalue weighted by Gasteiger charge is -2.14. The summed E-state index contributed by atoms with van der Waals surface area (Å²) in [4.78, 5) is 10.2. The minimum Gasteiger partial charge on any atom is -0.470 e. The van der Waals surface area contributed by atoms with E-state index in [9.17, 15) is 5.11 Å². The van der Waals surface area contributed by atoms with Crippen LogP contribution in [-0.4, -0.2) is 55.8 Å². The molecule has 1 unspecified atom stereocenters. The smallest absolute Gasteiger partial charge is 0.244 e. The van der Waals surface area contributed by atoms with Crippen molar-refractivity contribution in [2.45, 2.75) is 18.8 Å². The van der Waals surface area contributed by atoms with Gasteiger partial charge in [0.1, 0.15) is 17.8 Å². The van der Waals surface area contributed by atoms with Gasteiger partial charge in [0.2, 0.25) is 11.8 Å². The Morgan fingerprint density at radius 2 is 2.23 bits per heavy atom. The average molecular weight is 442 g/mol. The molecule has 0 aliphatic carbocycles. The summed E-state index contributed by atoms with van der Waals surface area (Å²) in [6.45, 7) is 1.22. The van der Waals surface area contributed by atoms with Crippen molar-refractivity contribution in [3.8, 4) is 11.6 Å². The SMILES string of the molecule is CNC(O)c1ccc(Nc2nc(O[C@H]3CCOC3)c3c(ccn3-c3cnn(C)c3)n2)s1. The molecule has 1 saturated heterocycles. The standard InChI is InChI=1S/C20H23N7O3S/c1-21-18(28)15-3-4-16(31-15)24-20-23-14-5-7-27(12-9-22-26(2)10-12)17(14)19(25-20)30-13-6-8-29-11-13/h3-5,7,9-10,13,18,21,28H,6,8,11H2,1-2H3,(H,23,24,25)/t13-,18?/m0/s1. The van der Waals surface area contributed by atoms with Crippen molar-refractivity contribution in [1.82, 2.24) is 29.6 Å². The van der Waals surface area contributed by atoms with Gasteiger partial charge in [-0.15, -0.1) is 11.3 Å². The van der Waals surface area contributed by atoms with E-state index in [0.29, 0.717) is 25.0 Å². The molecule has 5 rings (SSSR count). The molecule has 10 nitrogen and oxygen atoms in total. The monoisotopic (exact) mass is 441 g/mol. The molecule has 0 radical (unpaired) electrons. The van der Waals surface area contributed by atoms with Crippen LogP contribution >= 0.6 is 11.3 Å². The summed E-state index contributed by atoms with van der Waals surface area (Å²) < 4.78 is 15.4. The molecule has 5 heterocycles. The number of aliphatic hydroxyl groups is 1. The maximum absolute atomic E-state index is 9.97. The quantitative estimate of drug-likeness (QED) is 0.375. The van der Waals surface area contributed by atoms with Gasteiger partial charge in [-0.05, 0) is 25.2 Å². The van der Waals surface area contributed by atoms with Gasteiger partial charge in [-0.25, -0.2) is 4.98 Å². The van der Waals surface area contributed by atoms with Gasteiger partial charge >= 0.3 is 0 Å². The third-order valence-corrected chi connectivity index (χ3v) is 6.09. The van der Waals surface area contributed by atoms with Crippen molar-refractivity contribution >= 4 is 33.3 Å². The van der Waals surface area contributed by atoms with E-state index in [-0.39, 0.29) is 6.10 Å². The summed E-state index contributed by atoms with van der Waals surface area (Å²) in [6, 6.07) is 5.68. The number of fused-ring (bicyclic) bond motifs is 1. The summed E-state index contributed by atoms with van der Waals surface area (Å²) in [5, 5.41) is 21.1. The number of nitrogens with one attached hydrogen (secondary N) is 2. The van der Waals surface area contributed by atoms with E-state index in [1.54, 1.807) is 17.9 Å². The van der Waals surface area contributed by atoms with E-state index in [4.69, 9.17) is 9.47 Å². The van der Waals surface area contributed by atoms with Crippen LogP contribution in [0.25, 0.3) is 16.7 Å². The molecule has 1 fully saturated rings. The molecular formula is C20H23N7O3S. The Balaban J connectivity index is 1.53. The van der Waals surface area contributed by atoms with Gasteiger partial charge in [0.05, 0.1) is 35.6 Å². The van der Waals surface area contributed by atoms with E-state index >= 15 is 0 Å². The second-order valence-corrected chi connectivity index (χ2v) is 8.38. The van der Waals surface area contributed by atoms with Crippen molar-refractivity contribution in [2.75, 3.05) is 25.6 Å². The number of aliphatic hydroxyl groups excluding tert-OH is 1. The lowest BCUT2D eigenvalue weighted by Crippen LogP contribution is -2.17.